The largest absolute Gasteiger partial charge is 0.484 e. The van der Waals surface area contributed by atoms with Crippen molar-refractivity contribution in [3.05, 3.63) is 48.0 Å². The molecule has 0 aliphatic carbocycles. The Morgan fingerprint density at radius 1 is 1.35 bits per heavy atom. The first-order chi connectivity index (χ1) is 9.65. The fourth-order valence-corrected chi connectivity index (χ4v) is 1.74. The van der Waals surface area contributed by atoms with Crippen LogP contribution < -0.4 is 15.8 Å². The molecular weight excluding hydrogens is 256 g/mol. The van der Waals surface area contributed by atoms with E-state index in [4.69, 9.17) is 10.5 Å². The van der Waals surface area contributed by atoms with Crippen LogP contribution in [-0.4, -0.2) is 22.1 Å². The lowest BCUT2D eigenvalue weighted by atomic mass is 10.2. The molecule has 0 aliphatic rings. The Kier molecular flexibility index (Phi) is 4.73. The molecule has 2 aromatic rings. The highest BCUT2D eigenvalue weighted by Gasteiger charge is 2.00. The molecule has 6 heteroatoms. The summed E-state index contributed by atoms with van der Waals surface area (Å²) in [7, 11) is 1.97. The summed E-state index contributed by atoms with van der Waals surface area (Å²) in [5.41, 5.74) is 6.14. The standard InChI is InChI=1S/C14H18N4O2/c1-18-7-6-17-14(18)9-16-8-11-2-4-12(5-3-11)20-10-13(15)19/h2-7,16H,8-10H2,1H3,(H2,15,19). The first-order valence-corrected chi connectivity index (χ1v) is 6.32. The zero-order valence-electron chi connectivity index (χ0n) is 11.4. The zero-order chi connectivity index (χ0) is 14.4. The molecule has 0 saturated carbocycles. The maximum absolute atomic E-state index is 10.6. The van der Waals surface area contributed by atoms with Crippen LogP contribution in [0.3, 0.4) is 0 Å². The number of nitrogens with zero attached hydrogens (tertiary/aromatic N) is 2. The average molecular weight is 274 g/mol. The Morgan fingerprint density at radius 2 is 2.10 bits per heavy atom. The van der Waals surface area contributed by atoms with Crippen molar-refractivity contribution < 1.29 is 9.53 Å². The van der Waals surface area contributed by atoms with E-state index in [-0.39, 0.29) is 6.61 Å². The lowest BCUT2D eigenvalue weighted by molar-refractivity contribution is -0.119. The second-order valence-corrected chi connectivity index (χ2v) is 4.46. The number of ether oxygens (including phenoxy) is 1. The number of rotatable bonds is 7. The van der Waals surface area contributed by atoms with Crippen LogP contribution in [0.2, 0.25) is 0 Å². The summed E-state index contributed by atoms with van der Waals surface area (Å²) in [5, 5.41) is 3.32. The third-order valence-electron chi connectivity index (χ3n) is 2.84. The normalized spacial score (nSPS) is 10.4. The third kappa shape index (κ3) is 4.10. The predicted octanol–water partition coefficient (Wildman–Crippen LogP) is 0.574. The number of aromatic nitrogens is 2. The summed E-state index contributed by atoms with van der Waals surface area (Å²) in [6.07, 6.45) is 3.70. The van der Waals surface area contributed by atoms with Gasteiger partial charge in [-0.1, -0.05) is 12.1 Å². The van der Waals surface area contributed by atoms with Crippen LogP contribution in [0, 0.1) is 0 Å². The van der Waals surface area contributed by atoms with Gasteiger partial charge in [0, 0.05) is 26.0 Å². The molecule has 1 aromatic carbocycles. The van der Waals surface area contributed by atoms with Crippen LogP contribution in [0.15, 0.2) is 36.7 Å². The molecule has 3 N–H and O–H groups in total. The van der Waals surface area contributed by atoms with E-state index in [0.29, 0.717) is 12.3 Å². The minimum atomic E-state index is -0.481. The number of aryl methyl sites for hydroxylation is 1. The van der Waals surface area contributed by atoms with Gasteiger partial charge < -0.3 is 20.4 Å². The van der Waals surface area contributed by atoms with Crippen molar-refractivity contribution >= 4 is 5.91 Å². The molecule has 0 bridgehead atoms. The predicted molar refractivity (Wildman–Crippen MR) is 74.9 cm³/mol. The molecule has 6 nitrogen and oxygen atoms in total. The molecule has 0 saturated heterocycles. The molecule has 0 unspecified atom stereocenters. The van der Waals surface area contributed by atoms with Crippen molar-refractivity contribution in [2.45, 2.75) is 13.1 Å². The van der Waals surface area contributed by atoms with Gasteiger partial charge in [-0.3, -0.25) is 4.79 Å². The SMILES string of the molecule is Cn1ccnc1CNCc1ccc(OCC(N)=O)cc1. The number of primary amides is 1. The number of hydrogen-bond acceptors (Lipinski definition) is 4. The molecule has 20 heavy (non-hydrogen) atoms. The van der Waals surface area contributed by atoms with Gasteiger partial charge in [-0.2, -0.15) is 0 Å². The van der Waals surface area contributed by atoms with Crippen LogP contribution in [0.1, 0.15) is 11.4 Å². The molecule has 0 spiro atoms. The molecule has 0 atom stereocenters. The summed E-state index contributed by atoms with van der Waals surface area (Å²) in [5.74, 6) is 1.15. The number of carbonyl (C=O) groups is 1. The third-order valence-corrected chi connectivity index (χ3v) is 2.84. The fraction of sp³-hybridized carbons (Fsp3) is 0.286. The van der Waals surface area contributed by atoms with Crippen molar-refractivity contribution in [2.24, 2.45) is 12.8 Å². The lowest BCUT2D eigenvalue weighted by Crippen LogP contribution is -2.20. The van der Waals surface area contributed by atoms with E-state index in [1.165, 1.54) is 0 Å². The molecule has 0 radical (unpaired) electrons. The molecule has 106 valence electrons. The molecule has 1 aromatic heterocycles. The van der Waals surface area contributed by atoms with E-state index in [9.17, 15) is 4.79 Å². The van der Waals surface area contributed by atoms with Gasteiger partial charge >= 0.3 is 0 Å². The quantitative estimate of drug-likeness (QED) is 0.773. The lowest BCUT2D eigenvalue weighted by Gasteiger charge is -2.07. The molecule has 1 amide bonds. The maximum Gasteiger partial charge on any atom is 0.255 e. The number of nitrogens with two attached hydrogens (primary N) is 1. The molecule has 0 fully saturated rings. The second kappa shape index (κ2) is 6.72. The van der Waals surface area contributed by atoms with Crippen molar-refractivity contribution in [2.75, 3.05) is 6.61 Å². The van der Waals surface area contributed by atoms with Gasteiger partial charge in [0.25, 0.3) is 5.91 Å². The van der Waals surface area contributed by atoms with Gasteiger partial charge in [-0.15, -0.1) is 0 Å². The van der Waals surface area contributed by atoms with Crippen molar-refractivity contribution in [3.8, 4) is 5.75 Å². The van der Waals surface area contributed by atoms with Crippen LogP contribution in [0.5, 0.6) is 5.75 Å². The van der Waals surface area contributed by atoms with Crippen LogP contribution in [0.25, 0.3) is 0 Å². The molecule has 0 aliphatic heterocycles. The van der Waals surface area contributed by atoms with E-state index in [1.54, 1.807) is 6.20 Å². The summed E-state index contributed by atoms with van der Waals surface area (Å²) in [6.45, 7) is 1.35. The van der Waals surface area contributed by atoms with Gasteiger partial charge in [-0.25, -0.2) is 4.98 Å². The number of hydrogen-bond donors (Lipinski definition) is 2. The van der Waals surface area contributed by atoms with Crippen molar-refractivity contribution in [1.82, 2.24) is 14.9 Å². The molecular formula is C14H18N4O2. The number of carbonyl (C=O) groups excluding carboxylic acids is 1. The van der Waals surface area contributed by atoms with Gasteiger partial charge in [0.1, 0.15) is 11.6 Å². The monoisotopic (exact) mass is 274 g/mol. The van der Waals surface area contributed by atoms with Crippen LogP contribution in [-0.2, 0) is 24.9 Å². The highest BCUT2D eigenvalue weighted by Crippen LogP contribution is 2.12. The fourth-order valence-electron chi connectivity index (χ4n) is 1.74. The zero-order valence-corrected chi connectivity index (χ0v) is 11.4. The summed E-state index contributed by atoms with van der Waals surface area (Å²) >= 11 is 0. The maximum atomic E-state index is 10.6. The Balaban J connectivity index is 1.79. The summed E-state index contributed by atoms with van der Waals surface area (Å²) < 4.78 is 7.17. The molecule has 2 rings (SSSR count). The summed E-state index contributed by atoms with van der Waals surface area (Å²) in [4.78, 5) is 14.8. The van der Waals surface area contributed by atoms with Crippen LogP contribution in [0.4, 0.5) is 0 Å². The highest BCUT2D eigenvalue weighted by molar-refractivity contribution is 5.75. The Morgan fingerprint density at radius 3 is 2.70 bits per heavy atom. The number of benzene rings is 1. The minimum absolute atomic E-state index is 0.100. The van der Waals surface area contributed by atoms with Gasteiger partial charge in [0.2, 0.25) is 0 Å². The Hall–Kier alpha value is -2.34. The van der Waals surface area contributed by atoms with Crippen molar-refractivity contribution in [3.63, 3.8) is 0 Å². The van der Waals surface area contributed by atoms with E-state index in [2.05, 4.69) is 10.3 Å². The van der Waals surface area contributed by atoms with Gasteiger partial charge in [0.15, 0.2) is 6.61 Å². The smallest absolute Gasteiger partial charge is 0.255 e. The first-order valence-electron chi connectivity index (χ1n) is 6.32. The van der Waals surface area contributed by atoms with E-state index in [1.807, 2.05) is 42.1 Å². The highest BCUT2D eigenvalue weighted by atomic mass is 16.5. The van der Waals surface area contributed by atoms with E-state index >= 15 is 0 Å². The minimum Gasteiger partial charge on any atom is -0.484 e. The van der Waals surface area contributed by atoms with Crippen molar-refractivity contribution in [1.29, 1.82) is 0 Å². The first kappa shape index (κ1) is 14.1. The summed E-state index contributed by atoms with van der Waals surface area (Å²) in [6, 6.07) is 7.53. The van der Waals surface area contributed by atoms with Gasteiger partial charge in [-0.05, 0) is 17.7 Å². The number of imidazole rings is 1. The van der Waals surface area contributed by atoms with E-state index < -0.39 is 5.91 Å². The van der Waals surface area contributed by atoms with Gasteiger partial charge in [0.05, 0.1) is 6.54 Å². The van der Waals surface area contributed by atoms with Crippen LogP contribution >= 0.6 is 0 Å². The topological polar surface area (TPSA) is 82.2 Å². The Labute approximate surface area is 117 Å². The second-order valence-electron chi connectivity index (χ2n) is 4.46. The number of nitrogens with one attached hydrogen (secondary N) is 1. The Bertz CT molecular complexity index is 563. The average Bonchev–Trinajstić information content (AvgIpc) is 2.83. The van der Waals surface area contributed by atoms with E-state index in [0.717, 1.165) is 17.9 Å². The molecule has 1 heterocycles. The number of amides is 1.